The number of carbonyl (C=O) groups is 1. The molecule has 1 aromatic heterocycles. The fourth-order valence-electron chi connectivity index (χ4n) is 2.25. The van der Waals surface area contributed by atoms with Crippen molar-refractivity contribution in [2.75, 3.05) is 0 Å². The van der Waals surface area contributed by atoms with Gasteiger partial charge in [0.2, 0.25) is 0 Å². The van der Waals surface area contributed by atoms with Crippen LogP contribution in [-0.4, -0.2) is 15.3 Å². The first-order valence-corrected chi connectivity index (χ1v) is 7.43. The van der Waals surface area contributed by atoms with Crippen molar-refractivity contribution >= 4 is 17.4 Å². The molecule has 114 valence electrons. The minimum absolute atomic E-state index is 0.0926. The van der Waals surface area contributed by atoms with Gasteiger partial charge < -0.3 is 0 Å². The Labute approximate surface area is 138 Å². The third kappa shape index (κ3) is 3.38. The molecular weight excluding hydrogens is 312 g/mol. The molecule has 4 nitrogen and oxygen atoms in total. The van der Waals surface area contributed by atoms with Gasteiger partial charge in [0.15, 0.2) is 5.78 Å². The van der Waals surface area contributed by atoms with Crippen LogP contribution in [0.25, 0.3) is 11.3 Å². The van der Waals surface area contributed by atoms with Crippen molar-refractivity contribution in [2.45, 2.75) is 6.54 Å². The minimum Gasteiger partial charge on any atom is -0.292 e. The number of hydrogen-bond acceptors (Lipinski definition) is 3. The van der Waals surface area contributed by atoms with E-state index < -0.39 is 5.69 Å². The third-order valence-corrected chi connectivity index (χ3v) is 3.68. The van der Waals surface area contributed by atoms with Crippen LogP contribution in [0.2, 0.25) is 5.02 Å². The van der Waals surface area contributed by atoms with Gasteiger partial charge in [0.25, 0.3) is 0 Å². The van der Waals surface area contributed by atoms with Crippen molar-refractivity contribution in [1.82, 2.24) is 9.55 Å². The molecule has 5 heteroatoms. The number of benzene rings is 2. The Morgan fingerprint density at radius 1 is 1.00 bits per heavy atom. The van der Waals surface area contributed by atoms with Crippen LogP contribution < -0.4 is 5.69 Å². The normalized spacial score (nSPS) is 10.5. The second-order valence-corrected chi connectivity index (χ2v) is 5.41. The van der Waals surface area contributed by atoms with Gasteiger partial charge >= 0.3 is 5.69 Å². The van der Waals surface area contributed by atoms with E-state index in [-0.39, 0.29) is 12.3 Å². The fraction of sp³-hybridized carbons (Fsp3) is 0.0556. The average molecular weight is 325 g/mol. The second kappa shape index (κ2) is 6.58. The molecule has 3 aromatic rings. The lowest BCUT2D eigenvalue weighted by atomic mass is 10.1. The Kier molecular flexibility index (Phi) is 4.35. The summed E-state index contributed by atoms with van der Waals surface area (Å²) in [5, 5.41) is 0.330. The van der Waals surface area contributed by atoms with Crippen LogP contribution in [0.4, 0.5) is 0 Å². The van der Waals surface area contributed by atoms with Gasteiger partial charge in [-0.1, -0.05) is 72.3 Å². The molecule has 0 atom stereocenters. The molecule has 1 heterocycles. The molecule has 0 aliphatic carbocycles. The first-order chi connectivity index (χ1) is 11.1. The highest BCUT2D eigenvalue weighted by Crippen LogP contribution is 2.23. The van der Waals surface area contributed by atoms with E-state index in [1.165, 1.54) is 10.8 Å². The summed E-state index contributed by atoms with van der Waals surface area (Å²) in [4.78, 5) is 28.4. The molecule has 0 saturated carbocycles. The first kappa shape index (κ1) is 15.2. The van der Waals surface area contributed by atoms with Crippen molar-refractivity contribution < 1.29 is 4.79 Å². The molecule has 2 aromatic carbocycles. The zero-order valence-electron chi connectivity index (χ0n) is 12.1. The fourth-order valence-corrected chi connectivity index (χ4v) is 2.52. The summed E-state index contributed by atoms with van der Waals surface area (Å²) < 4.78 is 1.23. The number of nitrogens with zero attached hydrogens (tertiary/aromatic N) is 2. The summed E-state index contributed by atoms with van der Waals surface area (Å²) in [6, 6.07) is 18.0. The molecule has 0 bridgehead atoms. The third-order valence-electron chi connectivity index (χ3n) is 3.41. The van der Waals surface area contributed by atoms with E-state index in [4.69, 9.17) is 11.6 Å². The van der Waals surface area contributed by atoms with Gasteiger partial charge in [0.1, 0.15) is 0 Å². The predicted molar refractivity (Wildman–Crippen MR) is 89.7 cm³/mol. The number of aromatic nitrogens is 2. The summed E-state index contributed by atoms with van der Waals surface area (Å²) >= 11 is 6.23. The van der Waals surface area contributed by atoms with Crippen LogP contribution in [0.15, 0.2) is 71.7 Å². The topological polar surface area (TPSA) is 52.0 Å². The van der Waals surface area contributed by atoms with Gasteiger partial charge in [-0.25, -0.2) is 4.79 Å². The van der Waals surface area contributed by atoms with Gasteiger partial charge in [0.05, 0.1) is 17.3 Å². The Balaban J connectivity index is 1.92. The summed E-state index contributed by atoms with van der Waals surface area (Å²) in [6.07, 6.45) is 1.46. The standard InChI is InChI=1S/C18H13ClN2O2/c19-15-11-21(12-16(22)13-7-3-1-4-8-13)18(23)20-17(15)14-9-5-2-6-10-14/h1-11H,12H2. The molecule has 0 amide bonds. The number of Topliss-reactive ketones (excluding diaryl/α,β-unsaturated/α-hetero) is 1. The Hall–Kier alpha value is -2.72. The van der Waals surface area contributed by atoms with E-state index in [1.54, 1.807) is 24.3 Å². The number of hydrogen-bond donors (Lipinski definition) is 0. The molecule has 23 heavy (non-hydrogen) atoms. The molecule has 0 fully saturated rings. The van der Waals surface area contributed by atoms with Crippen LogP contribution in [0.1, 0.15) is 10.4 Å². The van der Waals surface area contributed by atoms with E-state index in [1.807, 2.05) is 36.4 Å². The zero-order valence-corrected chi connectivity index (χ0v) is 12.9. The van der Waals surface area contributed by atoms with Gasteiger partial charge in [-0.05, 0) is 0 Å². The largest absolute Gasteiger partial charge is 0.348 e. The van der Waals surface area contributed by atoms with E-state index in [0.29, 0.717) is 16.3 Å². The maximum atomic E-state index is 12.2. The molecule has 0 spiro atoms. The van der Waals surface area contributed by atoms with Gasteiger partial charge in [0, 0.05) is 17.3 Å². The quantitative estimate of drug-likeness (QED) is 0.691. The zero-order chi connectivity index (χ0) is 16.2. The highest BCUT2D eigenvalue weighted by molar-refractivity contribution is 6.32. The molecular formula is C18H13ClN2O2. The maximum absolute atomic E-state index is 12.2. The van der Waals surface area contributed by atoms with Gasteiger partial charge in [-0.2, -0.15) is 4.98 Å². The van der Waals surface area contributed by atoms with Gasteiger partial charge in [-0.3, -0.25) is 9.36 Å². The molecule has 0 saturated heterocycles. The van der Waals surface area contributed by atoms with Crippen LogP contribution in [0, 0.1) is 0 Å². The van der Waals surface area contributed by atoms with Crippen LogP contribution in [0.3, 0.4) is 0 Å². The Morgan fingerprint density at radius 3 is 2.26 bits per heavy atom. The highest BCUT2D eigenvalue weighted by Gasteiger charge is 2.12. The van der Waals surface area contributed by atoms with Crippen molar-refractivity contribution in [3.05, 3.63) is 87.9 Å². The van der Waals surface area contributed by atoms with Crippen molar-refractivity contribution in [1.29, 1.82) is 0 Å². The monoisotopic (exact) mass is 324 g/mol. The molecule has 0 radical (unpaired) electrons. The lowest BCUT2D eigenvalue weighted by molar-refractivity contribution is 0.0970. The lowest BCUT2D eigenvalue weighted by Gasteiger charge is -2.08. The lowest BCUT2D eigenvalue weighted by Crippen LogP contribution is -2.26. The molecule has 0 aliphatic rings. The van der Waals surface area contributed by atoms with Gasteiger partial charge in [-0.15, -0.1) is 0 Å². The van der Waals surface area contributed by atoms with Crippen LogP contribution in [-0.2, 0) is 6.54 Å². The van der Waals surface area contributed by atoms with Crippen molar-refractivity contribution in [3.8, 4) is 11.3 Å². The molecule has 0 unspecified atom stereocenters. The van der Waals surface area contributed by atoms with E-state index in [0.717, 1.165) is 5.56 Å². The number of ketones is 1. The summed E-state index contributed by atoms with van der Waals surface area (Å²) in [5.41, 5.74) is 1.22. The van der Waals surface area contributed by atoms with Crippen molar-refractivity contribution in [3.63, 3.8) is 0 Å². The average Bonchev–Trinajstić information content (AvgIpc) is 2.59. The number of halogens is 1. The van der Waals surface area contributed by atoms with E-state index in [9.17, 15) is 9.59 Å². The van der Waals surface area contributed by atoms with E-state index in [2.05, 4.69) is 4.98 Å². The highest BCUT2D eigenvalue weighted by atomic mass is 35.5. The number of carbonyl (C=O) groups excluding carboxylic acids is 1. The van der Waals surface area contributed by atoms with Crippen LogP contribution >= 0.6 is 11.6 Å². The maximum Gasteiger partial charge on any atom is 0.348 e. The predicted octanol–water partition coefficient (Wildman–Crippen LogP) is 3.45. The summed E-state index contributed by atoms with van der Waals surface area (Å²) in [7, 11) is 0. The first-order valence-electron chi connectivity index (χ1n) is 7.06. The Bertz CT molecular complexity index is 890. The summed E-state index contributed by atoms with van der Waals surface area (Å²) in [6.45, 7) is -0.0926. The van der Waals surface area contributed by atoms with E-state index >= 15 is 0 Å². The summed E-state index contributed by atoms with van der Waals surface area (Å²) in [5.74, 6) is -0.168. The molecule has 3 rings (SSSR count). The Morgan fingerprint density at radius 2 is 1.61 bits per heavy atom. The SMILES string of the molecule is O=C(Cn1cc(Cl)c(-c2ccccc2)nc1=O)c1ccccc1. The second-order valence-electron chi connectivity index (χ2n) is 5.00. The molecule has 0 aliphatic heterocycles. The van der Waals surface area contributed by atoms with Crippen molar-refractivity contribution in [2.24, 2.45) is 0 Å². The smallest absolute Gasteiger partial charge is 0.292 e. The molecule has 0 N–H and O–H groups in total. The van der Waals surface area contributed by atoms with Crippen LogP contribution in [0.5, 0.6) is 0 Å². The minimum atomic E-state index is -0.502. The number of rotatable bonds is 4.